The smallest absolute Gasteiger partial charge is 0.228 e. The maximum absolute atomic E-state index is 13.0. The van der Waals surface area contributed by atoms with E-state index >= 15 is 0 Å². The van der Waals surface area contributed by atoms with Crippen LogP contribution in [-0.4, -0.2) is 56.5 Å². The lowest BCUT2D eigenvalue weighted by atomic mass is 10.1. The van der Waals surface area contributed by atoms with Crippen molar-refractivity contribution < 1.29 is 14.3 Å². The number of hydrogen-bond acceptors (Lipinski definition) is 4. The fraction of sp³-hybridized carbons (Fsp3) is 0.579. The molecule has 2 unspecified atom stereocenters. The summed E-state index contributed by atoms with van der Waals surface area (Å²) in [4.78, 5) is 29.2. The molecule has 2 aliphatic rings. The molecule has 25 heavy (non-hydrogen) atoms. The van der Waals surface area contributed by atoms with Gasteiger partial charge in [-0.1, -0.05) is 6.07 Å². The van der Waals surface area contributed by atoms with Gasteiger partial charge in [0.05, 0.1) is 18.7 Å². The highest BCUT2D eigenvalue weighted by molar-refractivity contribution is 6.01. The van der Waals surface area contributed by atoms with E-state index in [4.69, 9.17) is 4.74 Å². The average molecular weight is 345 g/mol. The zero-order chi connectivity index (χ0) is 18.0. The molecule has 6 heteroatoms. The molecule has 2 amide bonds. The van der Waals surface area contributed by atoms with Crippen molar-refractivity contribution in [1.82, 2.24) is 10.2 Å². The Hall–Kier alpha value is -2.08. The number of aryl methyl sites for hydroxylation is 1. The van der Waals surface area contributed by atoms with E-state index in [2.05, 4.69) is 5.32 Å². The lowest BCUT2D eigenvalue weighted by Crippen LogP contribution is -2.44. The molecule has 0 saturated carbocycles. The number of methoxy groups -OCH3 is 1. The first-order valence-corrected chi connectivity index (χ1v) is 8.95. The number of likely N-dealkylation sites (tertiary alicyclic amines) is 1. The first-order valence-electron chi connectivity index (χ1n) is 8.95. The Morgan fingerprint density at radius 1 is 1.40 bits per heavy atom. The quantitative estimate of drug-likeness (QED) is 0.880. The molecule has 0 aromatic heterocycles. The van der Waals surface area contributed by atoms with Gasteiger partial charge in [-0.05, 0) is 44.5 Å². The van der Waals surface area contributed by atoms with Gasteiger partial charge in [0.15, 0.2) is 0 Å². The van der Waals surface area contributed by atoms with Crippen LogP contribution >= 0.6 is 0 Å². The first-order chi connectivity index (χ1) is 12.0. The molecular formula is C19H27N3O3. The zero-order valence-electron chi connectivity index (χ0n) is 15.2. The van der Waals surface area contributed by atoms with Gasteiger partial charge >= 0.3 is 0 Å². The zero-order valence-corrected chi connectivity index (χ0v) is 15.2. The number of carbonyl (C=O) groups excluding carboxylic acids is 2. The Bertz CT molecular complexity index is 661. The largest absolute Gasteiger partial charge is 0.495 e. The maximum Gasteiger partial charge on any atom is 0.228 e. The van der Waals surface area contributed by atoms with Crippen LogP contribution < -0.4 is 15.0 Å². The van der Waals surface area contributed by atoms with Crippen LogP contribution in [-0.2, 0) is 9.59 Å². The highest BCUT2D eigenvalue weighted by Gasteiger charge is 2.40. The molecule has 0 radical (unpaired) electrons. The second-order valence-corrected chi connectivity index (χ2v) is 6.97. The highest BCUT2D eigenvalue weighted by atomic mass is 16.5. The summed E-state index contributed by atoms with van der Waals surface area (Å²) in [5.74, 6) is 0.503. The summed E-state index contributed by atoms with van der Waals surface area (Å²) in [5.41, 5.74) is 1.82. The van der Waals surface area contributed by atoms with Crippen LogP contribution in [0.2, 0.25) is 0 Å². The molecule has 2 atom stereocenters. The van der Waals surface area contributed by atoms with E-state index in [1.807, 2.05) is 37.1 Å². The molecule has 0 spiro atoms. The summed E-state index contributed by atoms with van der Waals surface area (Å²) < 4.78 is 5.41. The van der Waals surface area contributed by atoms with Crippen LogP contribution in [0.4, 0.5) is 5.69 Å². The molecule has 0 aliphatic carbocycles. The molecule has 1 N–H and O–H groups in total. The summed E-state index contributed by atoms with van der Waals surface area (Å²) in [6.45, 7) is 4.02. The number of ether oxygens (including phenoxy) is 1. The Balaban J connectivity index is 1.76. The van der Waals surface area contributed by atoms with Crippen LogP contribution in [0.3, 0.4) is 0 Å². The number of amides is 2. The number of anilines is 1. The molecule has 1 aromatic carbocycles. The van der Waals surface area contributed by atoms with E-state index < -0.39 is 0 Å². The van der Waals surface area contributed by atoms with Crippen molar-refractivity contribution in [3.63, 3.8) is 0 Å². The number of benzene rings is 1. The Kier molecular flexibility index (Phi) is 5.27. The first kappa shape index (κ1) is 17.7. The monoisotopic (exact) mass is 345 g/mol. The second kappa shape index (κ2) is 7.44. The maximum atomic E-state index is 13.0. The number of rotatable bonds is 5. The van der Waals surface area contributed by atoms with Gasteiger partial charge in [-0.2, -0.15) is 0 Å². The summed E-state index contributed by atoms with van der Waals surface area (Å²) in [6, 6.07) is 6.02. The third-order valence-electron chi connectivity index (χ3n) is 5.20. The van der Waals surface area contributed by atoms with Gasteiger partial charge in [-0.3, -0.25) is 9.59 Å². The Morgan fingerprint density at radius 3 is 2.92 bits per heavy atom. The molecule has 2 aliphatic heterocycles. The number of hydrogen-bond donors (Lipinski definition) is 1. The van der Waals surface area contributed by atoms with E-state index in [9.17, 15) is 9.59 Å². The topological polar surface area (TPSA) is 61.9 Å². The van der Waals surface area contributed by atoms with Crippen molar-refractivity contribution in [2.45, 2.75) is 32.2 Å². The van der Waals surface area contributed by atoms with Crippen molar-refractivity contribution in [2.75, 3.05) is 38.7 Å². The van der Waals surface area contributed by atoms with E-state index in [-0.39, 0.29) is 30.2 Å². The van der Waals surface area contributed by atoms with Gasteiger partial charge in [-0.15, -0.1) is 0 Å². The third-order valence-corrected chi connectivity index (χ3v) is 5.20. The minimum absolute atomic E-state index is 0.00777. The molecule has 6 nitrogen and oxygen atoms in total. The fourth-order valence-electron chi connectivity index (χ4n) is 3.92. The average Bonchev–Trinajstić information content (AvgIpc) is 3.21. The van der Waals surface area contributed by atoms with Gasteiger partial charge in [0, 0.05) is 32.1 Å². The van der Waals surface area contributed by atoms with Gasteiger partial charge in [0.1, 0.15) is 5.75 Å². The van der Waals surface area contributed by atoms with Gasteiger partial charge < -0.3 is 19.9 Å². The number of nitrogens with zero attached hydrogens (tertiary/aromatic N) is 2. The lowest BCUT2D eigenvalue weighted by Gasteiger charge is -2.27. The highest BCUT2D eigenvalue weighted by Crippen LogP contribution is 2.35. The van der Waals surface area contributed by atoms with Crippen LogP contribution in [0, 0.1) is 12.8 Å². The van der Waals surface area contributed by atoms with Crippen molar-refractivity contribution in [3.05, 3.63) is 23.8 Å². The Morgan fingerprint density at radius 2 is 2.20 bits per heavy atom. The van der Waals surface area contributed by atoms with Crippen molar-refractivity contribution in [1.29, 1.82) is 0 Å². The minimum atomic E-state index is -0.268. The summed E-state index contributed by atoms with van der Waals surface area (Å²) >= 11 is 0. The minimum Gasteiger partial charge on any atom is -0.495 e. The predicted octanol–water partition coefficient (Wildman–Crippen LogP) is 1.57. The molecule has 0 bridgehead atoms. The molecule has 136 valence electrons. The molecule has 2 fully saturated rings. The summed E-state index contributed by atoms with van der Waals surface area (Å²) in [6.07, 6.45) is 2.34. The van der Waals surface area contributed by atoms with E-state index in [0.717, 1.165) is 37.2 Å². The Labute approximate surface area is 149 Å². The third kappa shape index (κ3) is 3.49. The normalized spacial score (nSPS) is 23.4. The number of carbonyl (C=O) groups is 2. The van der Waals surface area contributed by atoms with E-state index in [0.29, 0.717) is 12.3 Å². The van der Waals surface area contributed by atoms with Gasteiger partial charge in [0.25, 0.3) is 0 Å². The van der Waals surface area contributed by atoms with Crippen LogP contribution in [0.5, 0.6) is 5.75 Å². The van der Waals surface area contributed by atoms with Crippen LogP contribution in [0.1, 0.15) is 24.8 Å². The standard InChI is InChI=1S/C19H27N3O3/c1-13-6-7-17(25-3)16(9-13)22-12-14(10-18(22)23)19(24)21-8-4-5-15(21)11-20-2/h6-7,9,14-15,20H,4-5,8,10-12H2,1-3H3. The lowest BCUT2D eigenvalue weighted by molar-refractivity contribution is -0.136. The van der Waals surface area contributed by atoms with Crippen molar-refractivity contribution in [2.24, 2.45) is 5.92 Å². The molecule has 2 heterocycles. The van der Waals surface area contributed by atoms with Crippen LogP contribution in [0.15, 0.2) is 18.2 Å². The van der Waals surface area contributed by atoms with Crippen molar-refractivity contribution in [3.8, 4) is 5.75 Å². The molecule has 3 rings (SSSR count). The van der Waals surface area contributed by atoms with Gasteiger partial charge in [-0.25, -0.2) is 0 Å². The fourth-order valence-corrected chi connectivity index (χ4v) is 3.92. The predicted molar refractivity (Wildman–Crippen MR) is 96.9 cm³/mol. The van der Waals surface area contributed by atoms with Crippen molar-refractivity contribution >= 4 is 17.5 Å². The van der Waals surface area contributed by atoms with Crippen LogP contribution in [0.25, 0.3) is 0 Å². The van der Waals surface area contributed by atoms with Gasteiger partial charge in [0.2, 0.25) is 11.8 Å². The number of likely N-dealkylation sites (N-methyl/N-ethyl adjacent to an activating group) is 1. The number of nitrogens with one attached hydrogen (secondary N) is 1. The molecular weight excluding hydrogens is 318 g/mol. The SMILES string of the molecule is CNCC1CCCN1C(=O)C1CC(=O)N(c2cc(C)ccc2OC)C1. The molecule has 1 aromatic rings. The summed E-state index contributed by atoms with van der Waals surface area (Å²) in [7, 11) is 3.51. The van der Waals surface area contributed by atoms with E-state index in [1.54, 1.807) is 12.0 Å². The molecule has 2 saturated heterocycles. The van der Waals surface area contributed by atoms with E-state index in [1.165, 1.54) is 0 Å². The summed E-state index contributed by atoms with van der Waals surface area (Å²) in [5, 5.41) is 3.16. The second-order valence-electron chi connectivity index (χ2n) is 6.97.